The second-order valence-electron chi connectivity index (χ2n) is 9.15. The number of aromatic nitrogens is 3. The Morgan fingerprint density at radius 2 is 1.82 bits per heavy atom. The minimum absolute atomic E-state index is 0.176. The zero-order valence-electron chi connectivity index (χ0n) is 20.4. The molecule has 0 fully saturated rings. The summed E-state index contributed by atoms with van der Waals surface area (Å²) in [6.07, 6.45) is 1.90. The molecule has 188 valence electrons. The number of benzene rings is 4. The van der Waals surface area contributed by atoms with Gasteiger partial charge in [0.1, 0.15) is 5.82 Å². The van der Waals surface area contributed by atoms with E-state index in [0.29, 0.717) is 22.8 Å². The van der Waals surface area contributed by atoms with Crippen molar-refractivity contribution < 1.29 is 9.18 Å². The van der Waals surface area contributed by atoms with Gasteiger partial charge in [-0.3, -0.25) is 14.8 Å². The summed E-state index contributed by atoms with van der Waals surface area (Å²) >= 11 is 6.25. The molecular weight excluding hydrogens is 501 g/mol. The van der Waals surface area contributed by atoms with Crippen LogP contribution in [0.25, 0.3) is 38.8 Å². The Labute approximate surface area is 222 Å². The van der Waals surface area contributed by atoms with Gasteiger partial charge in [0.05, 0.1) is 17.6 Å². The van der Waals surface area contributed by atoms with Crippen molar-refractivity contribution in [2.24, 2.45) is 0 Å². The molecule has 0 atom stereocenters. The number of hydrogen-bond acceptors (Lipinski definition) is 2. The van der Waals surface area contributed by atoms with E-state index >= 15 is 0 Å². The van der Waals surface area contributed by atoms with Gasteiger partial charge in [0.15, 0.2) is 0 Å². The van der Waals surface area contributed by atoms with Gasteiger partial charge >= 0.3 is 0 Å². The Morgan fingerprint density at radius 3 is 2.61 bits per heavy atom. The van der Waals surface area contributed by atoms with Crippen LogP contribution in [-0.4, -0.2) is 20.0 Å². The lowest BCUT2D eigenvalue weighted by Gasteiger charge is -2.12. The molecule has 0 radical (unpaired) electrons. The highest BCUT2D eigenvalue weighted by molar-refractivity contribution is 6.31. The van der Waals surface area contributed by atoms with Crippen LogP contribution in [0.2, 0.25) is 5.02 Å². The standard InChI is InChI=1S/C30H23ClFN5O/c1-18(38)35-27-11-7-21(31)15-25(27)19-5-9-23(10-6-19)37-29-16-22(32)8-12-28(29)36(30(37)33)17-20-3-2-4-26-24(20)13-14-34-26/h2-16,33-34H,17H2,1H3,(H,35,38). The highest BCUT2D eigenvalue weighted by Crippen LogP contribution is 2.32. The number of carbonyl (C=O) groups excluding carboxylic acids is 1. The number of rotatable bonds is 5. The maximum absolute atomic E-state index is 14.4. The fourth-order valence-electron chi connectivity index (χ4n) is 4.98. The van der Waals surface area contributed by atoms with Gasteiger partial charge in [-0.05, 0) is 65.7 Å². The average Bonchev–Trinajstić information content (AvgIpc) is 3.48. The number of imidazole rings is 1. The highest BCUT2D eigenvalue weighted by atomic mass is 35.5. The van der Waals surface area contributed by atoms with Crippen LogP contribution in [0.15, 0.2) is 91.1 Å². The number of fused-ring (bicyclic) bond motifs is 2. The predicted molar refractivity (Wildman–Crippen MR) is 149 cm³/mol. The van der Waals surface area contributed by atoms with Gasteiger partial charge < -0.3 is 14.9 Å². The first-order valence-electron chi connectivity index (χ1n) is 12.1. The number of amides is 1. The van der Waals surface area contributed by atoms with E-state index in [4.69, 9.17) is 17.0 Å². The van der Waals surface area contributed by atoms with Crippen LogP contribution in [0.4, 0.5) is 10.1 Å². The highest BCUT2D eigenvalue weighted by Gasteiger charge is 2.16. The summed E-state index contributed by atoms with van der Waals surface area (Å²) in [4.78, 5) is 14.9. The van der Waals surface area contributed by atoms with Gasteiger partial charge in [-0.15, -0.1) is 0 Å². The van der Waals surface area contributed by atoms with Crippen molar-refractivity contribution in [3.63, 3.8) is 0 Å². The van der Waals surface area contributed by atoms with Crippen LogP contribution in [0.1, 0.15) is 12.5 Å². The zero-order valence-corrected chi connectivity index (χ0v) is 21.2. The fraction of sp³-hybridized carbons (Fsp3) is 0.0667. The maximum atomic E-state index is 14.4. The third kappa shape index (κ3) is 4.17. The van der Waals surface area contributed by atoms with Gasteiger partial charge in [0.2, 0.25) is 11.5 Å². The molecule has 2 aromatic heterocycles. The quantitative estimate of drug-likeness (QED) is 0.227. The van der Waals surface area contributed by atoms with Gasteiger partial charge in [-0.2, -0.15) is 0 Å². The molecule has 0 aliphatic heterocycles. The molecule has 6 aromatic rings. The second kappa shape index (κ2) is 9.36. The number of halogens is 2. The summed E-state index contributed by atoms with van der Waals surface area (Å²) in [6, 6.07) is 25.5. The molecule has 0 bridgehead atoms. The van der Waals surface area contributed by atoms with Crippen molar-refractivity contribution in [1.29, 1.82) is 5.41 Å². The van der Waals surface area contributed by atoms with Crippen LogP contribution in [0.5, 0.6) is 0 Å². The SMILES string of the molecule is CC(=O)Nc1ccc(Cl)cc1-c1ccc(-n2c(=N)n(Cc3cccc4[nH]ccc34)c3ccc(F)cc32)cc1. The molecule has 8 heteroatoms. The molecule has 0 saturated heterocycles. The smallest absolute Gasteiger partial charge is 0.221 e. The van der Waals surface area contributed by atoms with Crippen LogP contribution in [0, 0.1) is 11.2 Å². The molecule has 1 amide bonds. The number of aromatic amines is 1. The number of nitrogens with zero attached hydrogens (tertiary/aromatic N) is 2. The van der Waals surface area contributed by atoms with E-state index in [0.717, 1.165) is 38.8 Å². The fourth-order valence-corrected chi connectivity index (χ4v) is 5.15. The van der Waals surface area contributed by atoms with Gasteiger partial charge in [-0.25, -0.2) is 4.39 Å². The van der Waals surface area contributed by atoms with E-state index in [1.165, 1.54) is 19.1 Å². The van der Waals surface area contributed by atoms with Gasteiger partial charge in [0.25, 0.3) is 0 Å². The van der Waals surface area contributed by atoms with Crippen molar-refractivity contribution in [3.05, 3.63) is 113 Å². The van der Waals surface area contributed by atoms with Crippen molar-refractivity contribution in [2.75, 3.05) is 5.32 Å². The molecule has 6 rings (SSSR count). The molecular formula is C30H23ClFN5O. The maximum Gasteiger partial charge on any atom is 0.221 e. The number of carbonyl (C=O) groups is 1. The Balaban J connectivity index is 1.46. The molecule has 0 aliphatic rings. The number of hydrogen-bond donors (Lipinski definition) is 3. The number of nitrogens with one attached hydrogen (secondary N) is 3. The molecule has 4 aromatic carbocycles. The number of H-pyrrole nitrogens is 1. The first-order valence-corrected chi connectivity index (χ1v) is 12.5. The van der Waals surface area contributed by atoms with Crippen LogP contribution in [0.3, 0.4) is 0 Å². The third-order valence-electron chi connectivity index (χ3n) is 6.68. The van der Waals surface area contributed by atoms with Crippen molar-refractivity contribution >= 4 is 45.1 Å². The topological polar surface area (TPSA) is 78.6 Å². The van der Waals surface area contributed by atoms with E-state index in [9.17, 15) is 9.18 Å². The molecule has 38 heavy (non-hydrogen) atoms. The van der Waals surface area contributed by atoms with Gasteiger partial charge in [-0.1, -0.05) is 35.9 Å². The number of anilines is 1. The average molecular weight is 524 g/mol. The van der Waals surface area contributed by atoms with Crippen molar-refractivity contribution in [1.82, 2.24) is 14.1 Å². The predicted octanol–water partition coefficient (Wildman–Crippen LogP) is 6.86. The van der Waals surface area contributed by atoms with Crippen LogP contribution in [-0.2, 0) is 11.3 Å². The molecule has 0 unspecified atom stereocenters. The van der Waals surface area contributed by atoms with E-state index in [1.807, 2.05) is 59.3 Å². The first-order chi connectivity index (χ1) is 18.4. The summed E-state index contributed by atoms with van der Waals surface area (Å²) in [5.74, 6) is -0.545. The molecule has 0 aliphatic carbocycles. The summed E-state index contributed by atoms with van der Waals surface area (Å²) in [6.45, 7) is 1.92. The Hall–Kier alpha value is -4.62. The first kappa shape index (κ1) is 23.8. The normalized spacial score (nSPS) is 11.3. The lowest BCUT2D eigenvalue weighted by atomic mass is 10.0. The van der Waals surface area contributed by atoms with E-state index in [-0.39, 0.29) is 17.3 Å². The molecule has 3 N–H and O–H groups in total. The summed E-state index contributed by atoms with van der Waals surface area (Å²) in [5, 5.41) is 13.6. The zero-order chi connectivity index (χ0) is 26.4. The third-order valence-corrected chi connectivity index (χ3v) is 6.91. The molecule has 0 spiro atoms. The Kier molecular flexibility index (Phi) is 5.85. The largest absolute Gasteiger partial charge is 0.361 e. The molecule has 2 heterocycles. The summed E-state index contributed by atoms with van der Waals surface area (Å²) in [7, 11) is 0. The van der Waals surface area contributed by atoms with Gasteiger partial charge in [0, 0.05) is 52.1 Å². The lowest BCUT2D eigenvalue weighted by Crippen LogP contribution is -2.24. The second-order valence-corrected chi connectivity index (χ2v) is 9.59. The Morgan fingerprint density at radius 1 is 1.00 bits per heavy atom. The molecule has 6 nitrogen and oxygen atoms in total. The van der Waals surface area contributed by atoms with Crippen LogP contribution >= 0.6 is 11.6 Å². The van der Waals surface area contributed by atoms with E-state index in [1.54, 1.807) is 28.8 Å². The minimum atomic E-state index is -0.369. The lowest BCUT2D eigenvalue weighted by molar-refractivity contribution is -0.114. The van der Waals surface area contributed by atoms with Crippen LogP contribution < -0.4 is 10.9 Å². The summed E-state index contributed by atoms with van der Waals surface area (Å²) in [5.41, 5.74) is 6.68. The monoisotopic (exact) mass is 523 g/mol. The summed E-state index contributed by atoms with van der Waals surface area (Å²) < 4.78 is 18.0. The molecule has 0 saturated carbocycles. The van der Waals surface area contributed by atoms with E-state index < -0.39 is 0 Å². The van der Waals surface area contributed by atoms with E-state index in [2.05, 4.69) is 10.3 Å². The Bertz CT molecular complexity index is 1900. The van der Waals surface area contributed by atoms with Crippen molar-refractivity contribution in [3.8, 4) is 16.8 Å². The minimum Gasteiger partial charge on any atom is -0.361 e. The van der Waals surface area contributed by atoms with Crippen molar-refractivity contribution in [2.45, 2.75) is 13.5 Å².